The van der Waals surface area contributed by atoms with Crippen molar-refractivity contribution >= 4 is 11.9 Å². The quantitative estimate of drug-likeness (QED) is 0.677. The SMILES string of the molecule is Cn1ccc(C(=O)N[C@H](Cc2cnc[nH]2)C(=O)O)n1. The molecule has 0 aliphatic carbocycles. The fraction of sp³-hybridized carbons (Fsp3) is 0.273. The standard InChI is InChI=1S/C11H13N5O3/c1-16-3-2-8(15-16)10(17)14-9(11(18)19)4-7-5-12-6-13-7/h2-3,5-6,9H,4H2,1H3,(H,12,13)(H,14,17)(H,18,19)/t9-/m1/s1. The van der Waals surface area contributed by atoms with Crippen LogP contribution in [-0.4, -0.2) is 42.8 Å². The van der Waals surface area contributed by atoms with E-state index in [1.165, 1.54) is 23.3 Å². The largest absolute Gasteiger partial charge is 0.480 e. The lowest BCUT2D eigenvalue weighted by molar-refractivity contribution is -0.139. The number of carboxylic acids is 1. The molecule has 0 radical (unpaired) electrons. The summed E-state index contributed by atoms with van der Waals surface area (Å²) in [4.78, 5) is 29.5. The van der Waals surface area contributed by atoms with Crippen LogP contribution in [0.3, 0.4) is 0 Å². The molecule has 0 aliphatic rings. The minimum atomic E-state index is -1.11. The van der Waals surface area contributed by atoms with Crippen LogP contribution in [0.15, 0.2) is 24.8 Å². The number of nitrogens with zero attached hydrogens (tertiary/aromatic N) is 3. The molecular formula is C11H13N5O3. The molecule has 0 fully saturated rings. The van der Waals surface area contributed by atoms with E-state index in [1.807, 2.05) is 0 Å². The van der Waals surface area contributed by atoms with Crippen LogP contribution in [0.25, 0.3) is 0 Å². The molecule has 8 heteroatoms. The highest BCUT2D eigenvalue weighted by Gasteiger charge is 2.22. The summed E-state index contributed by atoms with van der Waals surface area (Å²) < 4.78 is 1.47. The second kappa shape index (κ2) is 5.34. The number of imidazole rings is 1. The van der Waals surface area contributed by atoms with E-state index in [-0.39, 0.29) is 12.1 Å². The van der Waals surface area contributed by atoms with Crippen molar-refractivity contribution in [3.63, 3.8) is 0 Å². The maximum absolute atomic E-state index is 11.8. The Balaban J connectivity index is 2.04. The van der Waals surface area contributed by atoms with Gasteiger partial charge in [0.2, 0.25) is 0 Å². The van der Waals surface area contributed by atoms with Crippen molar-refractivity contribution < 1.29 is 14.7 Å². The van der Waals surface area contributed by atoms with Crippen molar-refractivity contribution in [3.8, 4) is 0 Å². The highest BCUT2D eigenvalue weighted by atomic mass is 16.4. The molecule has 1 atom stereocenters. The number of aromatic amines is 1. The van der Waals surface area contributed by atoms with Gasteiger partial charge in [0.05, 0.1) is 6.33 Å². The Morgan fingerprint density at radius 3 is 2.89 bits per heavy atom. The zero-order valence-corrected chi connectivity index (χ0v) is 10.2. The van der Waals surface area contributed by atoms with Gasteiger partial charge in [-0.2, -0.15) is 5.10 Å². The number of H-pyrrole nitrogens is 1. The minimum absolute atomic E-state index is 0.133. The van der Waals surface area contributed by atoms with E-state index in [0.29, 0.717) is 5.69 Å². The van der Waals surface area contributed by atoms with Crippen molar-refractivity contribution in [1.29, 1.82) is 0 Å². The molecular weight excluding hydrogens is 250 g/mol. The molecule has 2 heterocycles. The average molecular weight is 263 g/mol. The monoisotopic (exact) mass is 263 g/mol. The first-order valence-electron chi connectivity index (χ1n) is 5.57. The second-order valence-electron chi connectivity index (χ2n) is 4.02. The molecule has 0 saturated carbocycles. The molecule has 2 aromatic rings. The molecule has 0 spiro atoms. The second-order valence-corrected chi connectivity index (χ2v) is 4.02. The number of hydrogen-bond donors (Lipinski definition) is 3. The molecule has 100 valence electrons. The number of aromatic nitrogens is 4. The Morgan fingerprint density at radius 1 is 1.58 bits per heavy atom. The Morgan fingerprint density at radius 2 is 2.37 bits per heavy atom. The number of amides is 1. The Labute approximate surface area is 108 Å². The number of carbonyl (C=O) groups excluding carboxylic acids is 1. The van der Waals surface area contributed by atoms with Gasteiger partial charge < -0.3 is 15.4 Å². The van der Waals surface area contributed by atoms with Crippen LogP contribution in [0.1, 0.15) is 16.2 Å². The molecule has 2 rings (SSSR count). The number of nitrogens with one attached hydrogen (secondary N) is 2. The van der Waals surface area contributed by atoms with Crippen LogP contribution in [-0.2, 0) is 18.3 Å². The highest BCUT2D eigenvalue weighted by molar-refractivity contribution is 5.94. The van der Waals surface area contributed by atoms with E-state index in [1.54, 1.807) is 13.2 Å². The fourth-order valence-corrected chi connectivity index (χ4v) is 1.58. The van der Waals surface area contributed by atoms with Crippen LogP contribution in [0.4, 0.5) is 0 Å². The fourth-order valence-electron chi connectivity index (χ4n) is 1.58. The van der Waals surface area contributed by atoms with E-state index in [2.05, 4.69) is 20.4 Å². The molecule has 0 bridgehead atoms. The van der Waals surface area contributed by atoms with Gasteiger partial charge in [-0.3, -0.25) is 9.48 Å². The maximum Gasteiger partial charge on any atom is 0.326 e. The molecule has 19 heavy (non-hydrogen) atoms. The number of aliphatic carboxylic acids is 1. The first-order valence-corrected chi connectivity index (χ1v) is 5.57. The number of carbonyl (C=O) groups is 2. The topological polar surface area (TPSA) is 113 Å². The van der Waals surface area contributed by atoms with E-state index >= 15 is 0 Å². The first-order chi connectivity index (χ1) is 9.06. The van der Waals surface area contributed by atoms with E-state index in [0.717, 1.165) is 0 Å². The Kier molecular flexibility index (Phi) is 3.60. The number of hydrogen-bond acceptors (Lipinski definition) is 4. The third kappa shape index (κ3) is 3.18. The van der Waals surface area contributed by atoms with Gasteiger partial charge in [-0.25, -0.2) is 9.78 Å². The van der Waals surface area contributed by atoms with E-state index in [4.69, 9.17) is 5.11 Å². The van der Waals surface area contributed by atoms with Crippen LogP contribution < -0.4 is 5.32 Å². The summed E-state index contributed by atoms with van der Waals surface area (Å²) >= 11 is 0. The normalized spacial score (nSPS) is 12.1. The predicted octanol–water partition coefficient (Wildman–Crippen LogP) is -0.431. The first kappa shape index (κ1) is 12.8. The summed E-state index contributed by atoms with van der Waals surface area (Å²) in [5, 5.41) is 15.4. The van der Waals surface area contributed by atoms with Gasteiger partial charge in [-0.1, -0.05) is 0 Å². The van der Waals surface area contributed by atoms with Gasteiger partial charge in [0.25, 0.3) is 5.91 Å². The predicted molar refractivity (Wildman–Crippen MR) is 64.4 cm³/mol. The lowest BCUT2D eigenvalue weighted by Crippen LogP contribution is -2.42. The summed E-state index contributed by atoms with van der Waals surface area (Å²) in [5.74, 6) is -1.63. The van der Waals surface area contributed by atoms with E-state index < -0.39 is 17.9 Å². The Hall–Kier alpha value is -2.64. The van der Waals surface area contributed by atoms with E-state index in [9.17, 15) is 9.59 Å². The summed E-state index contributed by atoms with van der Waals surface area (Å²) in [6.45, 7) is 0. The number of carboxylic acid groups (broad SMARTS) is 1. The zero-order chi connectivity index (χ0) is 13.8. The van der Waals surface area contributed by atoms with Crippen LogP contribution in [0, 0.1) is 0 Å². The minimum Gasteiger partial charge on any atom is -0.480 e. The molecule has 1 amide bonds. The molecule has 8 nitrogen and oxygen atoms in total. The van der Waals surface area contributed by atoms with Crippen molar-refractivity contribution in [3.05, 3.63) is 36.2 Å². The third-order valence-corrected chi connectivity index (χ3v) is 2.53. The molecule has 3 N–H and O–H groups in total. The average Bonchev–Trinajstić information content (AvgIpc) is 2.99. The summed E-state index contributed by atoms with van der Waals surface area (Å²) in [6.07, 6.45) is 4.71. The maximum atomic E-state index is 11.8. The summed E-state index contributed by atoms with van der Waals surface area (Å²) in [7, 11) is 1.68. The van der Waals surface area contributed by atoms with Crippen molar-refractivity contribution in [2.45, 2.75) is 12.5 Å². The van der Waals surface area contributed by atoms with Crippen molar-refractivity contribution in [1.82, 2.24) is 25.1 Å². The van der Waals surface area contributed by atoms with Gasteiger partial charge in [-0.15, -0.1) is 0 Å². The van der Waals surface area contributed by atoms with Gasteiger partial charge in [0.1, 0.15) is 11.7 Å². The summed E-state index contributed by atoms with van der Waals surface area (Å²) in [6, 6.07) is 0.486. The van der Waals surface area contributed by atoms with Crippen LogP contribution in [0.2, 0.25) is 0 Å². The smallest absolute Gasteiger partial charge is 0.326 e. The molecule has 2 aromatic heterocycles. The van der Waals surface area contributed by atoms with Gasteiger partial charge in [0.15, 0.2) is 0 Å². The van der Waals surface area contributed by atoms with Crippen LogP contribution in [0.5, 0.6) is 0 Å². The number of rotatable bonds is 5. The third-order valence-electron chi connectivity index (χ3n) is 2.53. The lowest BCUT2D eigenvalue weighted by Gasteiger charge is -2.12. The highest BCUT2D eigenvalue weighted by Crippen LogP contribution is 2.01. The summed E-state index contributed by atoms with van der Waals surface area (Å²) in [5.41, 5.74) is 0.812. The number of aryl methyl sites for hydroxylation is 1. The molecule has 0 aromatic carbocycles. The molecule has 0 saturated heterocycles. The Bertz CT molecular complexity index is 575. The van der Waals surface area contributed by atoms with Crippen molar-refractivity contribution in [2.24, 2.45) is 7.05 Å². The molecule has 0 unspecified atom stereocenters. The van der Waals surface area contributed by atoms with Gasteiger partial charge in [-0.05, 0) is 6.07 Å². The van der Waals surface area contributed by atoms with Gasteiger partial charge >= 0.3 is 5.97 Å². The zero-order valence-electron chi connectivity index (χ0n) is 10.2. The van der Waals surface area contributed by atoms with Gasteiger partial charge in [0, 0.05) is 31.6 Å². The van der Waals surface area contributed by atoms with Crippen molar-refractivity contribution in [2.75, 3.05) is 0 Å². The lowest BCUT2D eigenvalue weighted by atomic mass is 10.1. The molecule has 0 aliphatic heterocycles. The van der Waals surface area contributed by atoms with Crippen LogP contribution >= 0.6 is 0 Å².